The zero-order valence-corrected chi connectivity index (χ0v) is 17.0. The highest BCUT2D eigenvalue weighted by Crippen LogP contribution is 2.29. The van der Waals surface area contributed by atoms with Gasteiger partial charge in [0.05, 0.1) is 30.5 Å². The van der Waals surface area contributed by atoms with Gasteiger partial charge in [0.1, 0.15) is 6.61 Å². The molecule has 152 valence electrons. The van der Waals surface area contributed by atoms with Gasteiger partial charge >= 0.3 is 12.0 Å². The average molecular weight is 435 g/mol. The van der Waals surface area contributed by atoms with Crippen molar-refractivity contribution >= 4 is 35.2 Å². The summed E-state index contributed by atoms with van der Waals surface area (Å²) in [7, 11) is 0. The van der Waals surface area contributed by atoms with Gasteiger partial charge < -0.3 is 20.1 Å². The summed E-state index contributed by atoms with van der Waals surface area (Å²) >= 11 is 11.8. The van der Waals surface area contributed by atoms with E-state index in [1.54, 1.807) is 24.3 Å². The normalized spacial score (nSPS) is 16.2. The number of rotatable bonds is 8. The summed E-state index contributed by atoms with van der Waals surface area (Å²) in [6.45, 7) is 0.407. The van der Waals surface area contributed by atoms with E-state index < -0.39 is 18.0 Å². The Bertz CT molecular complexity index is 903. The van der Waals surface area contributed by atoms with Crippen molar-refractivity contribution in [1.82, 2.24) is 10.6 Å². The largest absolute Gasteiger partial charge is 0.457 e. The molecular formula is C21H20Cl2N2O4. The number of esters is 1. The fourth-order valence-electron chi connectivity index (χ4n) is 2.94. The summed E-state index contributed by atoms with van der Waals surface area (Å²) < 4.78 is 11.0. The third kappa shape index (κ3) is 5.73. The van der Waals surface area contributed by atoms with Crippen molar-refractivity contribution in [1.29, 1.82) is 0 Å². The highest BCUT2D eigenvalue weighted by molar-refractivity contribution is 6.30. The van der Waals surface area contributed by atoms with Gasteiger partial charge in [0.2, 0.25) is 0 Å². The number of nitrogens with one attached hydrogen (secondary N) is 2. The maximum absolute atomic E-state index is 13.0. The van der Waals surface area contributed by atoms with E-state index in [1.807, 2.05) is 30.3 Å². The number of halogens is 2. The van der Waals surface area contributed by atoms with Crippen molar-refractivity contribution in [2.24, 2.45) is 0 Å². The molecule has 0 radical (unpaired) electrons. The summed E-state index contributed by atoms with van der Waals surface area (Å²) in [6.07, 6.45) is 0. The van der Waals surface area contributed by atoms with Crippen LogP contribution in [0.4, 0.5) is 4.79 Å². The first-order valence-electron chi connectivity index (χ1n) is 8.99. The van der Waals surface area contributed by atoms with Crippen LogP contribution in [0, 0.1) is 0 Å². The van der Waals surface area contributed by atoms with Crippen LogP contribution in [0.1, 0.15) is 17.2 Å². The minimum absolute atomic E-state index is 0.0208. The lowest BCUT2D eigenvalue weighted by Gasteiger charge is -2.29. The van der Waals surface area contributed by atoms with Crippen molar-refractivity contribution < 1.29 is 19.1 Å². The second-order valence-electron chi connectivity index (χ2n) is 6.28. The first-order valence-corrected chi connectivity index (χ1v) is 9.90. The molecule has 1 heterocycles. The molecule has 29 heavy (non-hydrogen) atoms. The van der Waals surface area contributed by atoms with Crippen LogP contribution in [-0.2, 0) is 20.9 Å². The van der Waals surface area contributed by atoms with E-state index >= 15 is 0 Å². The smallest absolute Gasteiger partial charge is 0.338 e. The number of alkyl halides is 1. The Morgan fingerprint density at radius 2 is 1.86 bits per heavy atom. The molecule has 0 aromatic heterocycles. The summed E-state index contributed by atoms with van der Waals surface area (Å²) in [5.41, 5.74) is 2.11. The Morgan fingerprint density at radius 1 is 1.07 bits per heavy atom. The fourth-order valence-corrected chi connectivity index (χ4v) is 3.25. The monoisotopic (exact) mass is 434 g/mol. The number of amides is 2. The van der Waals surface area contributed by atoms with Crippen LogP contribution in [-0.4, -0.2) is 31.1 Å². The number of benzene rings is 2. The summed E-state index contributed by atoms with van der Waals surface area (Å²) in [5, 5.41) is 5.90. The van der Waals surface area contributed by atoms with Crippen LogP contribution >= 0.6 is 23.2 Å². The van der Waals surface area contributed by atoms with Crippen LogP contribution < -0.4 is 10.6 Å². The second-order valence-corrected chi connectivity index (χ2v) is 7.10. The van der Waals surface area contributed by atoms with Gasteiger partial charge in [0.25, 0.3) is 0 Å². The Hall–Kier alpha value is -2.54. The number of hydrogen-bond acceptors (Lipinski definition) is 4. The van der Waals surface area contributed by atoms with E-state index in [1.165, 1.54) is 0 Å². The molecule has 2 amide bonds. The maximum Gasteiger partial charge on any atom is 0.338 e. The topological polar surface area (TPSA) is 76.7 Å². The second kappa shape index (κ2) is 10.3. The quantitative estimate of drug-likeness (QED) is 0.374. The molecule has 1 aliphatic rings. The van der Waals surface area contributed by atoms with Gasteiger partial charge in [0, 0.05) is 10.9 Å². The van der Waals surface area contributed by atoms with Gasteiger partial charge in [-0.15, -0.1) is 11.6 Å². The van der Waals surface area contributed by atoms with E-state index in [0.29, 0.717) is 22.2 Å². The lowest BCUT2D eigenvalue weighted by atomic mass is 9.95. The standard InChI is InChI=1S/C21H20Cl2N2O4/c22-9-10-28-13-17-18(20(26)29-12-14-5-2-1-3-6-14)19(25-21(27)24-17)15-7-4-8-16(23)11-15/h1-8,11,19H,9-10,12-13H2,(H2,24,25,27). The fraction of sp³-hybridized carbons (Fsp3) is 0.238. The number of carbonyl (C=O) groups is 2. The summed E-state index contributed by atoms with van der Waals surface area (Å²) in [6, 6.07) is 15.1. The summed E-state index contributed by atoms with van der Waals surface area (Å²) in [5.74, 6) is -0.263. The molecule has 2 N–H and O–H groups in total. The molecule has 0 bridgehead atoms. The van der Waals surface area contributed by atoms with Crippen LogP contribution in [0.2, 0.25) is 5.02 Å². The number of ether oxygens (including phenoxy) is 2. The Balaban J connectivity index is 1.91. The molecule has 0 aliphatic carbocycles. The molecule has 0 fully saturated rings. The highest BCUT2D eigenvalue weighted by Gasteiger charge is 2.34. The Morgan fingerprint density at radius 3 is 2.59 bits per heavy atom. The molecule has 1 atom stereocenters. The zero-order valence-electron chi connectivity index (χ0n) is 15.5. The minimum atomic E-state index is -0.722. The number of carbonyl (C=O) groups excluding carboxylic acids is 2. The lowest BCUT2D eigenvalue weighted by Crippen LogP contribution is -2.47. The average Bonchev–Trinajstić information content (AvgIpc) is 2.72. The van der Waals surface area contributed by atoms with Crippen molar-refractivity contribution in [2.45, 2.75) is 12.6 Å². The Labute approximate surface area is 178 Å². The van der Waals surface area contributed by atoms with Gasteiger partial charge in [-0.25, -0.2) is 9.59 Å². The molecule has 2 aromatic carbocycles. The van der Waals surface area contributed by atoms with E-state index in [2.05, 4.69) is 10.6 Å². The molecule has 0 spiro atoms. The van der Waals surface area contributed by atoms with E-state index in [4.69, 9.17) is 32.7 Å². The van der Waals surface area contributed by atoms with Crippen LogP contribution in [0.3, 0.4) is 0 Å². The zero-order chi connectivity index (χ0) is 20.6. The highest BCUT2D eigenvalue weighted by atomic mass is 35.5. The summed E-state index contributed by atoms with van der Waals surface area (Å²) in [4.78, 5) is 25.2. The molecule has 6 nitrogen and oxygen atoms in total. The van der Waals surface area contributed by atoms with Gasteiger partial charge in [-0.3, -0.25) is 0 Å². The SMILES string of the molecule is O=C1NC(COCCCl)=C(C(=O)OCc2ccccc2)C(c2cccc(Cl)c2)N1. The number of urea groups is 1. The third-order valence-corrected chi connectivity index (χ3v) is 4.63. The van der Waals surface area contributed by atoms with Crippen molar-refractivity contribution in [3.8, 4) is 0 Å². The van der Waals surface area contributed by atoms with E-state index in [9.17, 15) is 9.59 Å². The molecule has 1 unspecified atom stereocenters. The molecule has 2 aromatic rings. The van der Waals surface area contributed by atoms with Crippen molar-refractivity contribution in [3.63, 3.8) is 0 Å². The predicted octanol–water partition coefficient (Wildman–Crippen LogP) is 3.95. The van der Waals surface area contributed by atoms with Crippen LogP contribution in [0.25, 0.3) is 0 Å². The maximum atomic E-state index is 13.0. The first-order chi connectivity index (χ1) is 14.1. The molecule has 1 aliphatic heterocycles. The lowest BCUT2D eigenvalue weighted by molar-refractivity contribution is -0.140. The number of hydrogen-bond donors (Lipinski definition) is 2. The molecular weight excluding hydrogens is 415 g/mol. The minimum Gasteiger partial charge on any atom is -0.457 e. The van der Waals surface area contributed by atoms with Gasteiger partial charge in [0.15, 0.2) is 0 Å². The van der Waals surface area contributed by atoms with Crippen LogP contribution in [0.15, 0.2) is 65.9 Å². The van der Waals surface area contributed by atoms with Gasteiger partial charge in [-0.2, -0.15) is 0 Å². The predicted molar refractivity (Wildman–Crippen MR) is 111 cm³/mol. The van der Waals surface area contributed by atoms with Gasteiger partial charge in [-0.05, 0) is 23.3 Å². The molecule has 0 saturated carbocycles. The Kier molecular flexibility index (Phi) is 7.52. The van der Waals surface area contributed by atoms with E-state index in [0.717, 1.165) is 5.56 Å². The van der Waals surface area contributed by atoms with Crippen LogP contribution in [0.5, 0.6) is 0 Å². The molecule has 8 heteroatoms. The first kappa shape index (κ1) is 21.2. The van der Waals surface area contributed by atoms with Gasteiger partial charge in [-0.1, -0.05) is 54.1 Å². The molecule has 0 saturated heterocycles. The van der Waals surface area contributed by atoms with Crippen molar-refractivity contribution in [2.75, 3.05) is 19.1 Å². The van der Waals surface area contributed by atoms with Crippen molar-refractivity contribution in [3.05, 3.63) is 82.0 Å². The third-order valence-electron chi connectivity index (χ3n) is 4.24. The van der Waals surface area contributed by atoms with E-state index in [-0.39, 0.29) is 25.4 Å². The molecule has 3 rings (SSSR count).